The first-order valence-corrected chi connectivity index (χ1v) is 7.47. The molecule has 6 nitrogen and oxygen atoms in total. The third kappa shape index (κ3) is 3.43. The molecule has 2 heterocycles. The van der Waals surface area contributed by atoms with Crippen LogP contribution < -0.4 is 5.32 Å². The molecule has 2 rings (SSSR count). The van der Waals surface area contributed by atoms with Gasteiger partial charge in [-0.2, -0.15) is 0 Å². The number of carbonyl (C=O) groups excluding carboxylic acids is 2. The number of rotatable bonds is 5. The summed E-state index contributed by atoms with van der Waals surface area (Å²) in [6, 6.07) is -0.809. The van der Waals surface area contributed by atoms with Gasteiger partial charge in [-0.1, -0.05) is 13.8 Å². The first kappa shape index (κ1) is 15.5. The number of nitrogens with zero attached hydrogens (tertiary/aromatic N) is 3. The average Bonchev–Trinajstić information content (AvgIpc) is 2.81. The maximum Gasteiger partial charge on any atom is 0.245 e. The van der Waals surface area contributed by atoms with Crippen molar-refractivity contribution in [2.75, 3.05) is 6.54 Å². The van der Waals surface area contributed by atoms with Crippen LogP contribution in [0.3, 0.4) is 0 Å². The van der Waals surface area contributed by atoms with Crippen LogP contribution in [0.2, 0.25) is 0 Å². The van der Waals surface area contributed by atoms with Crippen molar-refractivity contribution in [1.29, 1.82) is 0 Å². The van der Waals surface area contributed by atoms with E-state index in [1.165, 1.54) is 0 Å². The van der Waals surface area contributed by atoms with Gasteiger partial charge in [0.2, 0.25) is 11.8 Å². The summed E-state index contributed by atoms with van der Waals surface area (Å²) >= 11 is 0. The Bertz CT molecular complexity index is 523. The van der Waals surface area contributed by atoms with Crippen molar-refractivity contribution in [1.82, 2.24) is 19.8 Å². The van der Waals surface area contributed by atoms with Crippen LogP contribution >= 0.6 is 0 Å². The molecule has 2 unspecified atom stereocenters. The van der Waals surface area contributed by atoms with E-state index in [9.17, 15) is 9.59 Å². The molecule has 1 aliphatic heterocycles. The molecule has 1 saturated heterocycles. The molecule has 2 atom stereocenters. The summed E-state index contributed by atoms with van der Waals surface area (Å²) in [5, 5.41) is 2.83. The van der Waals surface area contributed by atoms with Crippen LogP contribution in [0.1, 0.15) is 33.0 Å². The Kier molecular flexibility index (Phi) is 4.65. The lowest BCUT2D eigenvalue weighted by Crippen LogP contribution is -2.62. The zero-order chi connectivity index (χ0) is 15.6. The van der Waals surface area contributed by atoms with Gasteiger partial charge in [0.25, 0.3) is 0 Å². The topological polar surface area (TPSA) is 67.2 Å². The number of hydrogen-bond acceptors (Lipinski definition) is 3. The lowest BCUT2D eigenvalue weighted by molar-refractivity contribution is -0.149. The molecule has 6 heteroatoms. The van der Waals surface area contributed by atoms with Crippen molar-refractivity contribution in [3.8, 4) is 0 Å². The van der Waals surface area contributed by atoms with Crippen LogP contribution in [-0.2, 0) is 23.1 Å². The molecule has 0 aliphatic carbocycles. The molecule has 1 aromatic rings. The highest BCUT2D eigenvalue weighted by molar-refractivity contribution is 5.96. The Labute approximate surface area is 125 Å². The molecule has 0 spiro atoms. The van der Waals surface area contributed by atoms with Gasteiger partial charge in [-0.15, -0.1) is 0 Å². The average molecular weight is 292 g/mol. The molecule has 0 saturated carbocycles. The number of piperazine rings is 1. The highest BCUT2D eigenvalue weighted by Crippen LogP contribution is 2.16. The number of imidazole rings is 1. The molecule has 1 aliphatic rings. The minimum absolute atomic E-state index is 0.0185. The summed E-state index contributed by atoms with van der Waals surface area (Å²) in [6.07, 6.45) is 4.95. The first-order chi connectivity index (χ1) is 9.90. The van der Waals surface area contributed by atoms with E-state index in [0.717, 1.165) is 5.82 Å². The van der Waals surface area contributed by atoms with Gasteiger partial charge in [-0.05, 0) is 19.3 Å². The standard InChI is InChI=1S/C15H24N4O2/c1-10(2)9-12-15(21)19(11(3)14(20)17-12)7-5-13-16-6-8-18(13)4/h6,8,10-12H,5,7,9H2,1-4H3,(H,17,20). The van der Waals surface area contributed by atoms with Gasteiger partial charge in [0.05, 0.1) is 0 Å². The van der Waals surface area contributed by atoms with E-state index < -0.39 is 12.1 Å². The second kappa shape index (κ2) is 6.28. The predicted octanol–water partition coefficient (Wildman–Crippen LogP) is 0.724. The molecule has 0 bridgehead atoms. The number of carbonyl (C=O) groups is 2. The highest BCUT2D eigenvalue weighted by atomic mass is 16.2. The summed E-state index contributed by atoms with van der Waals surface area (Å²) in [7, 11) is 1.93. The molecule has 2 amide bonds. The van der Waals surface area contributed by atoms with Crippen molar-refractivity contribution >= 4 is 11.8 Å². The Morgan fingerprint density at radius 1 is 1.38 bits per heavy atom. The second-order valence-electron chi connectivity index (χ2n) is 6.10. The summed E-state index contributed by atoms with van der Waals surface area (Å²) in [5.74, 6) is 1.23. The smallest absolute Gasteiger partial charge is 0.245 e. The zero-order valence-corrected chi connectivity index (χ0v) is 13.2. The second-order valence-corrected chi connectivity index (χ2v) is 6.10. The van der Waals surface area contributed by atoms with Crippen molar-refractivity contribution in [3.63, 3.8) is 0 Å². The van der Waals surface area contributed by atoms with E-state index in [-0.39, 0.29) is 11.8 Å². The highest BCUT2D eigenvalue weighted by Gasteiger charge is 2.37. The van der Waals surface area contributed by atoms with Gasteiger partial charge in [0, 0.05) is 32.4 Å². The third-order valence-electron chi connectivity index (χ3n) is 3.95. The minimum Gasteiger partial charge on any atom is -0.343 e. The number of nitrogens with one attached hydrogen (secondary N) is 1. The van der Waals surface area contributed by atoms with Gasteiger partial charge in [-0.25, -0.2) is 4.98 Å². The van der Waals surface area contributed by atoms with Crippen LogP contribution in [0.4, 0.5) is 0 Å². The zero-order valence-electron chi connectivity index (χ0n) is 13.2. The summed E-state index contributed by atoms with van der Waals surface area (Å²) in [4.78, 5) is 30.5. The fraction of sp³-hybridized carbons (Fsp3) is 0.667. The normalized spacial score (nSPS) is 22.8. The van der Waals surface area contributed by atoms with Gasteiger partial charge < -0.3 is 14.8 Å². The summed E-state index contributed by atoms with van der Waals surface area (Å²) in [5.41, 5.74) is 0. The van der Waals surface area contributed by atoms with Gasteiger partial charge in [0.1, 0.15) is 17.9 Å². The van der Waals surface area contributed by atoms with E-state index in [1.54, 1.807) is 18.0 Å². The van der Waals surface area contributed by atoms with E-state index in [4.69, 9.17) is 0 Å². The Morgan fingerprint density at radius 2 is 2.10 bits per heavy atom. The maximum absolute atomic E-state index is 12.5. The molecule has 1 N–H and O–H groups in total. The first-order valence-electron chi connectivity index (χ1n) is 7.47. The van der Waals surface area contributed by atoms with Crippen LogP contribution in [0.5, 0.6) is 0 Å². The van der Waals surface area contributed by atoms with Crippen LogP contribution in [-0.4, -0.2) is 44.9 Å². The minimum atomic E-state index is -0.416. The molecule has 1 fully saturated rings. The van der Waals surface area contributed by atoms with Crippen molar-refractivity contribution in [3.05, 3.63) is 18.2 Å². The number of amides is 2. The van der Waals surface area contributed by atoms with Crippen molar-refractivity contribution in [2.45, 2.75) is 45.7 Å². The van der Waals surface area contributed by atoms with Crippen LogP contribution in [0, 0.1) is 5.92 Å². The number of hydrogen-bond donors (Lipinski definition) is 1. The predicted molar refractivity (Wildman–Crippen MR) is 79.5 cm³/mol. The SMILES string of the molecule is CC(C)CC1NC(=O)C(C)N(CCc2nccn2C)C1=O. The van der Waals surface area contributed by atoms with E-state index in [2.05, 4.69) is 24.1 Å². The number of aromatic nitrogens is 2. The largest absolute Gasteiger partial charge is 0.343 e. The van der Waals surface area contributed by atoms with E-state index in [0.29, 0.717) is 25.3 Å². The summed E-state index contributed by atoms with van der Waals surface area (Å²) in [6.45, 7) is 6.40. The van der Waals surface area contributed by atoms with Crippen molar-refractivity contribution in [2.24, 2.45) is 13.0 Å². The molecule has 116 valence electrons. The molecule has 1 aromatic heterocycles. The van der Waals surface area contributed by atoms with Gasteiger partial charge >= 0.3 is 0 Å². The lowest BCUT2D eigenvalue weighted by atomic mass is 9.99. The molecular formula is C15H24N4O2. The Hall–Kier alpha value is -1.85. The fourth-order valence-electron chi connectivity index (χ4n) is 2.68. The van der Waals surface area contributed by atoms with Gasteiger partial charge in [0.15, 0.2) is 0 Å². The fourth-order valence-corrected chi connectivity index (χ4v) is 2.68. The van der Waals surface area contributed by atoms with Crippen LogP contribution in [0.15, 0.2) is 12.4 Å². The molecular weight excluding hydrogens is 268 g/mol. The third-order valence-corrected chi connectivity index (χ3v) is 3.95. The Balaban J connectivity index is 2.06. The summed E-state index contributed by atoms with van der Waals surface area (Å²) < 4.78 is 1.94. The molecule has 21 heavy (non-hydrogen) atoms. The maximum atomic E-state index is 12.5. The number of aryl methyl sites for hydroxylation is 1. The monoisotopic (exact) mass is 292 g/mol. The Morgan fingerprint density at radius 3 is 2.67 bits per heavy atom. The van der Waals surface area contributed by atoms with Crippen LogP contribution in [0.25, 0.3) is 0 Å². The van der Waals surface area contributed by atoms with E-state index in [1.807, 2.05) is 17.8 Å². The lowest BCUT2D eigenvalue weighted by Gasteiger charge is -2.37. The molecule has 0 aromatic carbocycles. The van der Waals surface area contributed by atoms with Crippen molar-refractivity contribution < 1.29 is 9.59 Å². The quantitative estimate of drug-likeness (QED) is 0.870. The molecule has 0 radical (unpaired) electrons. The van der Waals surface area contributed by atoms with Gasteiger partial charge in [-0.3, -0.25) is 9.59 Å². The van der Waals surface area contributed by atoms with E-state index >= 15 is 0 Å².